The molecule has 2 heterocycles. The molecule has 20 heavy (non-hydrogen) atoms. The third-order valence-corrected chi connectivity index (χ3v) is 4.51. The Morgan fingerprint density at radius 1 is 1.25 bits per heavy atom. The van der Waals surface area contributed by atoms with Gasteiger partial charge in [0.1, 0.15) is 10.8 Å². The standard InChI is InChI=1S/C15H13N3OS/c19-15-12(17-14(18-15)10-2-1-3-10)6-9-4-5-11-13(7-9)20-8-16-11/h4-8,17H,1-3H2,(H,18,19)/b12-6-. The summed E-state index contributed by atoms with van der Waals surface area (Å²) in [5.74, 6) is 0. The Hall–Kier alpha value is -2.14. The zero-order valence-electron chi connectivity index (χ0n) is 10.8. The smallest absolute Gasteiger partial charge is 0.273 e. The summed E-state index contributed by atoms with van der Waals surface area (Å²) in [5.41, 5.74) is 6.01. The van der Waals surface area contributed by atoms with E-state index in [-0.39, 0.29) is 5.56 Å². The van der Waals surface area contributed by atoms with Gasteiger partial charge in [-0.3, -0.25) is 4.79 Å². The van der Waals surface area contributed by atoms with Crippen LogP contribution in [0.25, 0.3) is 21.9 Å². The maximum atomic E-state index is 12.0. The quantitative estimate of drug-likeness (QED) is 0.710. The predicted octanol–water partition coefficient (Wildman–Crippen LogP) is 1.48. The summed E-state index contributed by atoms with van der Waals surface area (Å²) in [6.45, 7) is 0. The highest BCUT2D eigenvalue weighted by Crippen LogP contribution is 2.24. The fourth-order valence-electron chi connectivity index (χ4n) is 2.41. The Labute approximate surface area is 118 Å². The minimum atomic E-state index is -0.0520. The van der Waals surface area contributed by atoms with Crippen molar-refractivity contribution in [2.45, 2.75) is 19.3 Å². The van der Waals surface area contributed by atoms with Crippen LogP contribution >= 0.6 is 11.3 Å². The van der Waals surface area contributed by atoms with Crippen LogP contribution in [0.15, 0.2) is 28.5 Å². The molecule has 1 fully saturated rings. The molecule has 0 spiro atoms. The molecule has 2 aromatic heterocycles. The fraction of sp³-hybridized carbons (Fsp3) is 0.200. The van der Waals surface area contributed by atoms with Crippen LogP contribution < -0.4 is 16.4 Å². The molecule has 0 atom stereocenters. The molecule has 4 rings (SSSR count). The largest absolute Gasteiger partial charge is 0.337 e. The van der Waals surface area contributed by atoms with Gasteiger partial charge in [0.05, 0.1) is 15.7 Å². The van der Waals surface area contributed by atoms with Crippen molar-refractivity contribution in [3.8, 4) is 0 Å². The van der Waals surface area contributed by atoms with E-state index in [1.165, 1.54) is 12.0 Å². The summed E-state index contributed by atoms with van der Waals surface area (Å²) in [7, 11) is 0. The first-order valence-corrected chi connectivity index (χ1v) is 7.53. The molecule has 1 aliphatic carbocycles. The summed E-state index contributed by atoms with van der Waals surface area (Å²) >= 11 is 1.61. The Balaban J connectivity index is 1.87. The van der Waals surface area contributed by atoms with Crippen molar-refractivity contribution in [1.82, 2.24) is 15.0 Å². The Kier molecular flexibility index (Phi) is 2.60. The van der Waals surface area contributed by atoms with E-state index < -0.39 is 0 Å². The van der Waals surface area contributed by atoms with E-state index in [1.54, 1.807) is 11.3 Å². The van der Waals surface area contributed by atoms with E-state index in [2.05, 4.69) is 21.0 Å². The van der Waals surface area contributed by atoms with Crippen LogP contribution in [0.1, 0.15) is 24.8 Å². The maximum Gasteiger partial charge on any atom is 0.273 e. The molecule has 3 aromatic rings. The molecule has 5 heteroatoms. The van der Waals surface area contributed by atoms with E-state index in [9.17, 15) is 4.79 Å². The molecule has 0 bridgehead atoms. The van der Waals surface area contributed by atoms with Gasteiger partial charge in [-0.05, 0) is 48.6 Å². The lowest BCUT2D eigenvalue weighted by Crippen LogP contribution is -2.22. The second-order valence-electron chi connectivity index (χ2n) is 5.05. The van der Waals surface area contributed by atoms with Crippen LogP contribution in [0.2, 0.25) is 0 Å². The number of benzene rings is 1. The molecule has 100 valence electrons. The maximum absolute atomic E-state index is 12.0. The van der Waals surface area contributed by atoms with Gasteiger partial charge < -0.3 is 9.97 Å². The number of H-pyrrole nitrogens is 2. The summed E-state index contributed by atoms with van der Waals surface area (Å²) in [5, 5.41) is 0.614. The topological polar surface area (TPSA) is 61.5 Å². The van der Waals surface area contributed by atoms with Crippen LogP contribution in [-0.2, 0) is 0 Å². The number of nitrogens with zero attached hydrogens (tertiary/aromatic N) is 1. The molecule has 4 nitrogen and oxygen atoms in total. The first-order valence-electron chi connectivity index (χ1n) is 6.65. The highest BCUT2D eigenvalue weighted by molar-refractivity contribution is 7.16. The lowest BCUT2D eigenvalue weighted by Gasteiger charge is -2.13. The van der Waals surface area contributed by atoms with E-state index in [0.717, 1.165) is 34.1 Å². The van der Waals surface area contributed by atoms with Crippen molar-refractivity contribution in [3.05, 3.63) is 50.5 Å². The van der Waals surface area contributed by atoms with Crippen LogP contribution in [0.4, 0.5) is 0 Å². The average Bonchev–Trinajstić information content (AvgIpc) is 2.95. The molecule has 0 aliphatic heterocycles. The van der Waals surface area contributed by atoms with Gasteiger partial charge >= 0.3 is 0 Å². The average molecular weight is 283 g/mol. The first kappa shape index (κ1) is 11.7. The molecule has 1 aliphatic rings. The van der Waals surface area contributed by atoms with Gasteiger partial charge in [0.15, 0.2) is 0 Å². The molecule has 1 saturated carbocycles. The number of rotatable bonds is 1. The van der Waals surface area contributed by atoms with Crippen LogP contribution in [-0.4, -0.2) is 15.0 Å². The van der Waals surface area contributed by atoms with E-state index >= 15 is 0 Å². The second kappa shape index (κ2) is 4.45. The minimum absolute atomic E-state index is 0.0520. The van der Waals surface area contributed by atoms with Crippen molar-refractivity contribution in [3.63, 3.8) is 0 Å². The molecule has 0 amide bonds. The van der Waals surface area contributed by atoms with Crippen molar-refractivity contribution in [2.24, 2.45) is 0 Å². The van der Waals surface area contributed by atoms with Crippen LogP contribution in [0.3, 0.4) is 0 Å². The van der Waals surface area contributed by atoms with E-state index in [0.29, 0.717) is 5.35 Å². The van der Waals surface area contributed by atoms with Crippen molar-refractivity contribution in [1.29, 1.82) is 0 Å². The van der Waals surface area contributed by atoms with Crippen LogP contribution in [0.5, 0.6) is 0 Å². The summed E-state index contributed by atoms with van der Waals surface area (Å²) in [4.78, 5) is 22.3. The number of fused-ring (bicyclic) bond motifs is 1. The van der Waals surface area contributed by atoms with Gasteiger partial charge in [-0.25, -0.2) is 4.98 Å². The van der Waals surface area contributed by atoms with Gasteiger partial charge in [-0.2, -0.15) is 0 Å². The highest BCUT2D eigenvalue weighted by Gasteiger charge is 2.10. The number of nitrogens with one attached hydrogen (secondary N) is 2. The number of hydrogen-bond donors (Lipinski definition) is 2. The van der Waals surface area contributed by atoms with Crippen molar-refractivity contribution >= 4 is 33.2 Å². The van der Waals surface area contributed by atoms with Crippen molar-refractivity contribution in [2.75, 3.05) is 0 Å². The van der Waals surface area contributed by atoms with Gasteiger partial charge in [0.2, 0.25) is 0 Å². The minimum Gasteiger partial charge on any atom is -0.337 e. The van der Waals surface area contributed by atoms with Gasteiger partial charge in [0.25, 0.3) is 5.56 Å². The number of aromatic amines is 2. The van der Waals surface area contributed by atoms with Gasteiger partial charge in [-0.15, -0.1) is 11.3 Å². The summed E-state index contributed by atoms with van der Waals surface area (Å²) in [6.07, 6.45) is 5.28. The molecular weight excluding hydrogens is 270 g/mol. The van der Waals surface area contributed by atoms with E-state index in [1.807, 2.05) is 23.7 Å². The molecule has 0 radical (unpaired) electrons. The van der Waals surface area contributed by atoms with E-state index in [4.69, 9.17) is 0 Å². The summed E-state index contributed by atoms with van der Waals surface area (Å²) in [6, 6.07) is 6.03. The normalized spacial score (nSPS) is 15.8. The monoisotopic (exact) mass is 283 g/mol. The third-order valence-electron chi connectivity index (χ3n) is 3.72. The molecule has 0 unspecified atom stereocenters. The number of aromatic nitrogens is 3. The Morgan fingerprint density at radius 3 is 2.95 bits per heavy atom. The lowest BCUT2D eigenvalue weighted by molar-refractivity contribution is 0.741. The Bertz CT molecular complexity index is 955. The zero-order chi connectivity index (χ0) is 13.5. The third kappa shape index (κ3) is 1.91. The number of hydrogen-bond acceptors (Lipinski definition) is 3. The SMILES string of the molecule is O=c1[nH]c(=C2CCC2)[nH]/c1=C\c1ccc2ncsc2c1. The Morgan fingerprint density at radius 2 is 2.15 bits per heavy atom. The molecule has 2 N–H and O–H groups in total. The molecule has 1 aromatic carbocycles. The van der Waals surface area contributed by atoms with Crippen molar-refractivity contribution < 1.29 is 0 Å². The van der Waals surface area contributed by atoms with Gasteiger partial charge in [0, 0.05) is 0 Å². The molecule has 0 saturated heterocycles. The fourth-order valence-corrected chi connectivity index (χ4v) is 3.14. The summed E-state index contributed by atoms with van der Waals surface area (Å²) < 4.78 is 1.13. The second-order valence-corrected chi connectivity index (χ2v) is 5.94. The number of imidazole rings is 1. The predicted molar refractivity (Wildman–Crippen MR) is 81.1 cm³/mol. The lowest BCUT2D eigenvalue weighted by atomic mass is 9.93. The van der Waals surface area contributed by atoms with Gasteiger partial charge in [-0.1, -0.05) is 6.07 Å². The molecular formula is C15H13N3OS. The highest BCUT2D eigenvalue weighted by atomic mass is 32.1. The first-order chi connectivity index (χ1) is 9.79. The zero-order valence-corrected chi connectivity index (χ0v) is 11.6. The van der Waals surface area contributed by atoms with Crippen LogP contribution in [0, 0.1) is 0 Å². The number of thiazole rings is 1.